The lowest BCUT2D eigenvalue weighted by molar-refractivity contribution is 0.283. The minimum absolute atomic E-state index is 0.591. The van der Waals surface area contributed by atoms with Crippen molar-refractivity contribution in [2.45, 2.75) is 39.0 Å². The van der Waals surface area contributed by atoms with Gasteiger partial charge in [-0.05, 0) is 43.7 Å². The Bertz CT molecular complexity index is 518. The molecule has 0 aliphatic heterocycles. The fraction of sp³-hybridized carbons (Fsp3) is 0.368. The van der Waals surface area contributed by atoms with Crippen LogP contribution in [-0.2, 0) is 0 Å². The van der Waals surface area contributed by atoms with E-state index >= 15 is 0 Å². The molecule has 0 nitrogen and oxygen atoms in total. The summed E-state index contributed by atoms with van der Waals surface area (Å²) in [6.45, 7) is 4.38. The molecule has 0 saturated heterocycles. The Balaban J connectivity index is 2.02. The van der Waals surface area contributed by atoms with E-state index < -0.39 is 0 Å². The van der Waals surface area contributed by atoms with Crippen LogP contribution >= 0.6 is 0 Å². The third-order valence-electron chi connectivity index (χ3n) is 4.42. The Morgan fingerprint density at radius 3 is 1.74 bits per heavy atom. The third kappa shape index (κ3) is 2.58. The number of rotatable bonds is 3. The van der Waals surface area contributed by atoms with Crippen LogP contribution in [0.15, 0.2) is 48.5 Å². The van der Waals surface area contributed by atoms with E-state index in [0.29, 0.717) is 5.92 Å². The van der Waals surface area contributed by atoms with Gasteiger partial charge < -0.3 is 0 Å². The van der Waals surface area contributed by atoms with Gasteiger partial charge >= 0.3 is 0 Å². The summed E-state index contributed by atoms with van der Waals surface area (Å²) in [5, 5.41) is 0. The normalized spacial score (nSPS) is 15.5. The molecule has 1 saturated carbocycles. The maximum Gasteiger partial charge on any atom is 0.0118 e. The lowest BCUT2D eigenvalue weighted by Crippen LogP contribution is -2.21. The second kappa shape index (κ2) is 5.21. The Labute approximate surface area is 116 Å². The first-order chi connectivity index (χ1) is 9.24. The second-order valence-electron chi connectivity index (χ2n) is 6.00. The minimum Gasteiger partial charge on any atom is -0.0617 e. The first-order valence-electron chi connectivity index (χ1n) is 7.37. The van der Waals surface area contributed by atoms with Gasteiger partial charge in [0.15, 0.2) is 0 Å². The Morgan fingerprint density at radius 1 is 0.842 bits per heavy atom. The van der Waals surface area contributed by atoms with Crippen molar-refractivity contribution in [2.75, 3.05) is 0 Å². The summed E-state index contributed by atoms with van der Waals surface area (Å²) < 4.78 is 0. The lowest BCUT2D eigenvalue weighted by atomic mass is 9.70. The van der Waals surface area contributed by atoms with E-state index in [0.717, 1.165) is 5.92 Å². The molecular formula is C19H22. The van der Waals surface area contributed by atoms with Gasteiger partial charge in [-0.15, -0.1) is 0 Å². The van der Waals surface area contributed by atoms with Crippen molar-refractivity contribution in [3.05, 3.63) is 70.8 Å². The first kappa shape index (κ1) is 12.5. The highest BCUT2D eigenvalue weighted by Crippen LogP contribution is 2.43. The molecule has 0 heteroatoms. The van der Waals surface area contributed by atoms with Crippen LogP contribution in [0.4, 0.5) is 0 Å². The highest BCUT2D eigenvalue weighted by atomic mass is 14.3. The molecule has 0 unspecified atom stereocenters. The Morgan fingerprint density at radius 2 is 1.37 bits per heavy atom. The van der Waals surface area contributed by atoms with Gasteiger partial charge in [-0.3, -0.25) is 0 Å². The zero-order valence-corrected chi connectivity index (χ0v) is 11.9. The van der Waals surface area contributed by atoms with Crippen LogP contribution in [-0.4, -0.2) is 0 Å². The number of benzene rings is 2. The molecule has 0 amide bonds. The summed E-state index contributed by atoms with van der Waals surface area (Å²) in [7, 11) is 0. The summed E-state index contributed by atoms with van der Waals surface area (Å²) in [6.07, 6.45) is 4.16. The summed E-state index contributed by atoms with van der Waals surface area (Å²) in [5.41, 5.74) is 5.73. The van der Waals surface area contributed by atoms with Crippen LogP contribution in [0.1, 0.15) is 47.4 Å². The fourth-order valence-corrected chi connectivity index (χ4v) is 3.24. The van der Waals surface area contributed by atoms with E-state index in [1.54, 1.807) is 0 Å². The fourth-order valence-electron chi connectivity index (χ4n) is 3.24. The molecular weight excluding hydrogens is 228 g/mol. The highest BCUT2D eigenvalue weighted by molar-refractivity contribution is 5.37. The molecule has 2 aromatic carbocycles. The monoisotopic (exact) mass is 250 g/mol. The minimum atomic E-state index is 0.591. The molecule has 98 valence electrons. The van der Waals surface area contributed by atoms with Gasteiger partial charge in [-0.2, -0.15) is 0 Å². The second-order valence-corrected chi connectivity index (χ2v) is 6.00. The molecule has 0 heterocycles. The highest BCUT2D eigenvalue weighted by Gasteiger charge is 2.29. The lowest BCUT2D eigenvalue weighted by Gasteiger charge is -2.35. The van der Waals surface area contributed by atoms with Gasteiger partial charge in [0.05, 0.1) is 0 Å². The van der Waals surface area contributed by atoms with E-state index in [1.807, 2.05) is 0 Å². The Kier molecular flexibility index (Phi) is 3.42. The van der Waals surface area contributed by atoms with Crippen molar-refractivity contribution in [1.29, 1.82) is 0 Å². The third-order valence-corrected chi connectivity index (χ3v) is 4.42. The smallest absolute Gasteiger partial charge is 0.0118 e. The van der Waals surface area contributed by atoms with Gasteiger partial charge in [0.2, 0.25) is 0 Å². The molecule has 0 radical (unpaired) electrons. The summed E-state index contributed by atoms with van der Waals surface area (Å²) >= 11 is 0. The van der Waals surface area contributed by atoms with E-state index in [9.17, 15) is 0 Å². The first-order valence-corrected chi connectivity index (χ1v) is 7.37. The van der Waals surface area contributed by atoms with Crippen molar-refractivity contribution in [2.24, 2.45) is 5.92 Å². The topological polar surface area (TPSA) is 0 Å². The standard InChI is InChI=1S/C19H22/c1-14-6-3-10-17(12-14)19(16-8-5-9-16)18-11-4-7-15(2)13-18/h3-4,6-7,10-13,16,19H,5,8-9H2,1-2H3. The number of hydrogen-bond donors (Lipinski definition) is 0. The average molecular weight is 250 g/mol. The molecule has 0 bridgehead atoms. The molecule has 0 aromatic heterocycles. The van der Waals surface area contributed by atoms with Gasteiger partial charge in [-0.1, -0.05) is 66.1 Å². The Hall–Kier alpha value is -1.56. The van der Waals surface area contributed by atoms with E-state index in [2.05, 4.69) is 62.4 Å². The van der Waals surface area contributed by atoms with Crippen LogP contribution in [0.5, 0.6) is 0 Å². The molecule has 1 aliphatic carbocycles. The molecule has 0 atom stereocenters. The molecule has 19 heavy (non-hydrogen) atoms. The molecule has 3 rings (SSSR count). The van der Waals surface area contributed by atoms with Crippen molar-refractivity contribution < 1.29 is 0 Å². The predicted molar refractivity (Wildman–Crippen MR) is 81.5 cm³/mol. The van der Waals surface area contributed by atoms with Gasteiger partial charge in [0.25, 0.3) is 0 Å². The van der Waals surface area contributed by atoms with Crippen molar-refractivity contribution in [1.82, 2.24) is 0 Å². The van der Waals surface area contributed by atoms with Crippen LogP contribution in [0.3, 0.4) is 0 Å². The zero-order chi connectivity index (χ0) is 13.2. The molecule has 0 N–H and O–H groups in total. The summed E-state index contributed by atoms with van der Waals surface area (Å²) in [4.78, 5) is 0. The summed E-state index contributed by atoms with van der Waals surface area (Å²) in [6, 6.07) is 18.1. The summed E-state index contributed by atoms with van der Waals surface area (Å²) in [5.74, 6) is 1.43. The molecule has 1 fully saturated rings. The van der Waals surface area contributed by atoms with Crippen molar-refractivity contribution in [3.8, 4) is 0 Å². The largest absolute Gasteiger partial charge is 0.0617 e. The van der Waals surface area contributed by atoms with Gasteiger partial charge in [0.1, 0.15) is 0 Å². The maximum absolute atomic E-state index is 2.37. The van der Waals surface area contributed by atoms with Crippen LogP contribution in [0.2, 0.25) is 0 Å². The maximum atomic E-state index is 2.37. The zero-order valence-electron chi connectivity index (χ0n) is 11.9. The van der Waals surface area contributed by atoms with Crippen LogP contribution < -0.4 is 0 Å². The van der Waals surface area contributed by atoms with E-state index in [1.165, 1.54) is 41.5 Å². The molecule has 0 spiro atoms. The molecule has 1 aliphatic rings. The van der Waals surface area contributed by atoms with E-state index in [4.69, 9.17) is 0 Å². The quantitative estimate of drug-likeness (QED) is 0.699. The average Bonchev–Trinajstić information content (AvgIpc) is 2.33. The molecule has 2 aromatic rings. The number of hydrogen-bond acceptors (Lipinski definition) is 0. The predicted octanol–water partition coefficient (Wildman–Crippen LogP) is 5.24. The van der Waals surface area contributed by atoms with Crippen LogP contribution in [0.25, 0.3) is 0 Å². The number of aryl methyl sites for hydroxylation is 2. The van der Waals surface area contributed by atoms with Crippen molar-refractivity contribution in [3.63, 3.8) is 0 Å². The van der Waals surface area contributed by atoms with E-state index in [-0.39, 0.29) is 0 Å². The van der Waals surface area contributed by atoms with Gasteiger partial charge in [0, 0.05) is 5.92 Å². The van der Waals surface area contributed by atoms with Gasteiger partial charge in [-0.25, -0.2) is 0 Å². The SMILES string of the molecule is Cc1cccc(C(c2cccc(C)c2)C2CCC2)c1. The van der Waals surface area contributed by atoms with Crippen molar-refractivity contribution >= 4 is 0 Å². The van der Waals surface area contributed by atoms with Crippen LogP contribution in [0, 0.1) is 19.8 Å².